The molecule has 1 amide bonds. The second-order valence-corrected chi connectivity index (χ2v) is 9.33. The van der Waals surface area contributed by atoms with E-state index in [0.29, 0.717) is 39.1 Å². The molecule has 6 nitrogen and oxygen atoms in total. The van der Waals surface area contributed by atoms with Crippen LogP contribution in [0.15, 0.2) is 23.1 Å². The Kier molecular flexibility index (Phi) is 6.40. The molecule has 150 valence electrons. The number of benzene rings is 1. The Balaban J connectivity index is 1.69. The van der Waals surface area contributed by atoms with Crippen molar-refractivity contribution in [2.45, 2.75) is 49.6 Å². The lowest BCUT2D eigenvalue weighted by molar-refractivity contribution is -0.137. The van der Waals surface area contributed by atoms with Gasteiger partial charge >= 0.3 is 0 Å². The first-order valence-corrected chi connectivity index (χ1v) is 10.9. The maximum Gasteiger partial charge on any atom is 0.243 e. The van der Waals surface area contributed by atoms with Crippen molar-refractivity contribution in [1.82, 2.24) is 9.21 Å². The van der Waals surface area contributed by atoms with Gasteiger partial charge < -0.3 is 9.64 Å². The molecule has 2 fully saturated rings. The van der Waals surface area contributed by atoms with Crippen LogP contribution in [0.5, 0.6) is 0 Å². The number of piperidine rings is 1. The molecular formula is C18H24ClFN2O4S. The lowest BCUT2D eigenvalue weighted by Gasteiger charge is -2.43. The maximum absolute atomic E-state index is 13.3. The van der Waals surface area contributed by atoms with E-state index in [0.717, 1.165) is 25.0 Å². The number of sulfonamides is 1. The van der Waals surface area contributed by atoms with Crippen LogP contribution in [0, 0.1) is 5.82 Å². The number of hydrogen-bond acceptors (Lipinski definition) is 4. The molecule has 0 aromatic heterocycles. The Hall–Kier alpha value is -1.22. The van der Waals surface area contributed by atoms with Gasteiger partial charge in [-0.2, -0.15) is 4.31 Å². The SMILES string of the molecule is CC(=O)N(C1CCOCC1)C1CCN(S(=O)(=O)c2ccc(F)c(Cl)c2)CC1. The van der Waals surface area contributed by atoms with Crippen LogP contribution >= 0.6 is 11.6 Å². The fourth-order valence-corrected chi connectivity index (χ4v) is 5.66. The van der Waals surface area contributed by atoms with Gasteiger partial charge in [-0.05, 0) is 43.9 Å². The van der Waals surface area contributed by atoms with Crippen LogP contribution < -0.4 is 0 Å². The van der Waals surface area contributed by atoms with Crippen molar-refractivity contribution < 1.29 is 22.3 Å². The fraction of sp³-hybridized carbons (Fsp3) is 0.611. The van der Waals surface area contributed by atoms with Crippen molar-refractivity contribution in [1.29, 1.82) is 0 Å². The molecular weight excluding hydrogens is 395 g/mol. The van der Waals surface area contributed by atoms with Crippen molar-refractivity contribution in [3.05, 3.63) is 29.0 Å². The summed E-state index contributed by atoms with van der Waals surface area (Å²) >= 11 is 5.73. The molecule has 9 heteroatoms. The third-order valence-electron chi connectivity index (χ3n) is 5.29. The first kappa shape index (κ1) is 20.5. The van der Waals surface area contributed by atoms with E-state index in [1.165, 1.54) is 10.4 Å². The van der Waals surface area contributed by atoms with Crippen molar-refractivity contribution in [3.63, 3.8) is 0 Å². The first-order valence-electron chi connectivity index (χ1n) is 9.12. The van der Waals surface area contributed by atoms with E-state index in [9.17, 15) is 17.6 Å². The topological polar surface area (TPSA) is 66.9 Å². The van der Waals surface area contributed by atoms with E-state index < -0.39 is 15.8 Å². The third-order valence-corrected chi connectivity index (χ3v) is 7.48. The number of nitrogens with zero attached hydrogens (tertiary/aromatic N) is 2. The van der Waals surface area contributed by atoms with Gasteiger partial charge in [0.05, 0.1) is 9.92 Å². The van der Waals surface area contributed by atoms with Gasteiger partial charge in [0, 0.05) is 45.3 Å². The first-order chi connectivity index (χ1) is 12.8. The Labute approximate surface area is 164 Å². The van der Waals surface area contributed by atoms with Crippen molar-refractivity contribution in [3.8, 4) is 0 Å². The summed E-state index contributed by atoms with van der Waals surface area (Å²) in [5, 5.41) is -0.215. The average molecular weight is 419 g/mol. The van der Waals surface area contributed by atoms with Gasteiger partial charge in [-0.25, -0.2) is 12.8 Å². The molecule has 0 N–H and O–H groups in total. The molecule has 1 aromatic rings. The summed E-state index contributed by atoms with van der Waals surface area (Å²) in [6.07, 6.45) is 2.77. The second kappa shape index (κ2) is 8.43. The highest BCUT2D eigenvalue weighted by molar-refractivity contribution is 7.89. The second-order valence-electron chi connectivity index (χ2n) is 6.98. The normalized spacial score (nSPS) is 20.6. The van der Waals surface area contributed by atoms with Crippen molar-refractivity contribution in [2.24, 2.45) is 0 Å². The highest BCUT2D eigenvalue weighted by atomic mass is 35.5. The molecule has 0 spiro atoms. The lowest BCUT2D eigenvalue weighted by Crippen LogP contribution is -2.53. The van der Waals surface area contributed by atoms with Crippen LogP contribution in [-0.4, -0.2) is 61.9 Å². The summed E-state index contributed by atoms with van der Waals surface area (Å²) in [4.78, 5) is 14.1. The molecule has 0 unspecified atom stereocenters. The molecule has 2 aliphatic heterocycles. The van der Waals surface area contributed by atoms with E-state index in [-0.39, 0.29) is 27.9 Å². The highest BCUT2D eigenvalue weighted by Crippen LogP contribution is 2.28. The van der Waals surface area contributed by atoms with Gasteiger partial charge in [-0.15, -0.1) is 0 Å². The number of hydrogen-bond donors (Lipinski definition) is 0. The summed E-state index contributed by atoms with van der Waals surface area (Å²) in [6, 6.07) is 3.61. The summed E-state index contributed by atoms with van der Waals surface area (Å²) in [5.41, 5.74) is 0. The summed E-state index contributed by atoms with van der Waals surface area (Å²) < 4.78 is 45.7. The Morgan fingerprint density at radius 1 is 1.19 bits per heavy atom. The molecule has 0 bridgehead atoms. The molecule has 1 aromatic carbocycles. The molecule has 2 aliphatic rings. The Morgan fingerprint density at radius 2 is 1.78 bits per heavy atom. The quantitative estimate of drug-likeness (QED) is 0.753. The Morgan fingerprint density at radius 3 is 2.33 bits per heavy atom. The summed E-state index contributed by atoms with van der Waals surface area (Å²) in [6.45, 7) is 3.49. The largest absolute Gasteiger partial charge is 0.381 e. The number of carbonyl (C=O) groups is 1. The van der Waals surface area contributed by atoms with Gasteiger partial charge in [0.1, 0.15) is 5.82 Å². The van der Waals surface area contributed by atoms with Gasteiger partial charge in [0.2, 0.25) is 15.9 Å². The van der Waals surface area contributed by atoms with Crippen LogP contribution in [0.3, 0.4) is 0 Å². The van der Waals surface area contributed by atoms with Crippen LogP contribution in [0.4, 0.5) is 4.39 Å². The standard InChI is InChI=1S/C18H24ClFN2O4S/c1-13(23)22(15-6-10-26-11-7-15)14-4-8-21(9-5-14)27(24,25)16-2-3-18(20)17(19)12-16/h2-3,12,14-15H,4-11H2,1H3. The van der Waals surface area contributed by atoms with Crippen LogP contribution in [0.1, 0.15) is 32.6 Å². The zero-order valence-corrected chi connectivity index (χ0v) is 16.8. The van der Waals surface area contributed by atoms with Crippen LogP contribution in [-0.2, 0) is 19.6 Å². The number of carbonyl (C=O) groups excluding carboxylic acids is 1. The van der Waals surface area contributed by atoms with Gasteiger partial charge in [0.25, 0.3) is 0 Å². The van der Waals surface area contributed by atoms with Gasteiger partial charge in [-0.3, -0.25) is 4.79 Å². The van der Waals surface area contributed by atoms with E-state index >= 15 is 0 Å². The number of amides is 1. The zero-order valence-electron chi connectivity index (χ0n) is 15.2. The average Bonchev–Trinajstić information content (AvgIpc) is 2.65. The minimum Gasteiger partial charge on any atom is -0.381 e. The minimum absolute atomic E-state index is 0.0137. The van der Waals surface area contributed by atoms with Crippen LogP contribution in [0.25, 0.3) is 0 Å². The third kappa shape index (κ3) is 4.45. The number of ether oxygens (including phenoxy) is 1. The molecule has 2 saturated heterocycles. The lowest BCUT2D eigenvalue weighted by atomic mass is 9.99. The highest BCUT2D eigenvalue weighted by Gasteiger charge is 2.35. The molecule has 27 heavy (non-hydrogen) atoms. The number of rotatable bonds is 4. The molecule has 3 rings (SSSR count). The maximum atomic E-state index is 13.3. The van der Waals surface area contributed by atoms with Crippen LogP contribution in [0.2, 0.25) is 5.02 Å². The zero-order chi connectivity index (χ0) is 19.6. The predicted molar refractivity (Wildman–Crippen MR) is 99.6 cm³/mol. The summed E-state index contributed by atoms with van der Waals surface area (Å²) in [5.74, 6) is -0.628. The number of halogens is 2. The van der Waals surface area contributed by atoms with Crippen molar-refractivity contribution >= 4 is 27.5 Å². The fourth-order valence-electron chi connectivity index (χ4n) is 3.92. The minimum atomic E-state index is -3.74. The summed E-state index contributed by atoms with van der Waals surface area (Å²) in [7, 11) is -3.74. The van der Waals surface area contributed by atoms with Crippen molar-refractivity contribution in [2.75, 3.05) is 26.3 Å². The van der Waals surface area contributed by atoms with E-state index in [1.54, 1.807) is 6.92 Å². The molecule has 0 aliphatic carbocycles. The van der Waals surface area contributed by atoms with Gasteiger partial charge in [-0.1, -0.05) is 11.6 Å². The van der Waals surface area contributed by atoms with E-state index in [4.69, 9.17) is 16.3 Å². The molecule has 2 heterocycles. The smallest absolute Gasteiger partial charge is 0.243 e. The van der Waals surface area contributed by atoms with Gasteiger partial charge in [0.15, 0.2) is 0 Å². The predicted octanol–water partition coefficient (Wildman–Crippen LogP) is 2.66. The Bertz CT molecular complexity index is 791. The van der Waals surface area contributed by atoms with E-state index in [1.807, 2.05) is 4.90 Å². The monoisotopic (exact) mass is 418 g/mol. The van der Waals surface area contributed by atoms with E-state index in [2.05, 4.69) is 0 Å². The molecule has 0 radical (unpaired) electrons. The molecule has 0 saturated carbocycles. The molecule has 0 atom stereocenters.